The van der Waals surface area contributed by atoms with Gasteiger partial charge in [0.05, 0.1) is 254 Å². The zero-order chi connectivity index (χ0) is 87.2. The fourth-order valence-electron chi connectivity index (χ4n) is 12.8. The Kier molecular flexibility index (Phi) is 47.6. The van der Waals surface area contributed by atoms with Crippen molar-refractivity contribution in [3.05, 3.63) is 195 Å². The molecule has 0 amide bonds. The normalized spacial score (nSPS) is 13.7. The van der Waals surface area contributed by atoms with Crippen molar-refractivity contribution in [1.29, 1.82) is 0 Å². The number of nitrogens with zero attached hydrogens (tertiary/aromatic N) is 24. The zero-order valence-corrected chi connectivity index (χ0v) is 72.6. The molecule has 0 spiro atoms. The Hall–Kier alpha value is -9.65. The lowest BCUT2D eigenvalue weighted by Gasteiger charge is -2.38. The molecule has 0 unspecified atom stereocenters. The molecular formula is C81H124N24O16Si. The van der Waals surface area contributed by atoms with Gasteiger partial charge in [0.25, 0.3) is 0 Å². The van der Waals surface area contributed by atoms with E-state index in [9.17, 15) is 0 Å². The Bertz CT molecular complexity index is 4200. The second-order valence-corrected chi connectivity index (χ2v) is 34.8. The SMILES string of the molecule is C=CCO[C@H](COCC#C[Si](C(C)C)(C(C)C)C(C)C)Cn1cc(COC[C@@H](Cn2cc(COC[C@@H](Cn3cc(COC[C@@H](Cn4cc(COC[C@@H](Cn5cc(COC[C@@H](Cn6cc(COC[C@@H](Cn7cc(COC[C@H](CN=[N+]=[N-])OCC=C)nn7)OCC=C)nn6)OCC=C)nn5)OCC=C)nn4)OCC=C)nn3)OCC=C)nn2)OCC=C)nn1. The van der Waals surface area contributed by atoms with Crippen LogP contribution >= 0.6 is 0 Å². The number of hydrogen-bond acceptors (Lipinski definition) is 31. The molecule has 0 aromatic carbocycles. The van der Waals surface area contributed by atoms with E-state index in [1.54, 1.807) is 119 Å². The van der Waals surface area contributed by atoms with Gasteiger partial charge in [0.2, 0.25) is 0 Å². The van der Waals surface area contributed by atoms with E-state index < -0.39 is 38.6 Å². The van der Waals surface area contributed by atoms with Crippen LogP contribution in [-0.2, 0) is 168 Å². The van der Waals surface area contributed by atoms with E-state index in [-0.39, 0.29) is 137 Å². The molecule has 668 valence electrons. The van der Waals surface area contributed by atoms with Gasteiger partial charge in [0.1, 0.15) is 97.3 Å². The van der Waals surface area contributed by atoms with E-state index >= 15 is 0 Å². The lowest BCUT2D eigenvalue weighted by molar-refractivity contribution is -0.0228. The highest BCUT2D eigenvalue weighted by atomic mass is 28.3. The molecule has 7 aromatic rings. The van der Waals surface area contributed by atoms with Crippen LogP contribution in [0, 0.1) is 11.5 Å². The molecule has 0 aliphatic rings. The third-order valence-electron chi connectivity index (χ3n) is 18.3. The largest absolute Gasteiger partial charge is 0.372 e. The first-order chi connectivity index (χ1) is 59.5. The summed E-state index contributed by atoms with van der Waals surface area (Å²) in [5.41, 5.74) is 18.3. The second-order valence-electron chi connectivity index (χ2n) is 29.2. The molecule has 0 aliphatic heterocycles. The van der Waals surface area contributed by atoms with E-state index in [0.717, 1.165) is 0 Å². The average Bonchev–Trinajstić information content (AvgIpc) is 1.14. The topological polar surface area (TPSA) is 411 Å². The fourth-order valence-corrected chi connectivity index (χ4v) is 18.1. The molecule has 8 atom stereocenters. The van der Waals surface area contributed by atoms with Crippen LogP contribution in [0.15, 0.2) is 150 Å². The Morgan fingerprint density at radius 2 is 0.508 bits per heavy atom. The number of aromatic nitrogens is 21. The van der Waals surface area contributed by atoms with Gasteiger partial charge in [-0.3, -0.25) is 0 Å². The van der Waals surface area contributed by atoms with Crippen LogP contribution < -0.4 is 0 Å². The summed E-state index contributed by atoms with van der Waals surface area (Å²) in [6.45, 7) is 52.5. The van der Waals surface area contributed by atoms with Crippen LogP contribution in [0.5, 0.6) is 0 Å². The van der Waals surface area contributed by atoms with Crippen molar-refractivity contribution in [2.45, 2.75) is 199 Å². The van der Waals surface area contributed by atoms with E-state index in [0.29, 0.717) is 149 Å². The first-order valence-corrected chi connectivity index (χ1v) is 42.9. The third kappa shape index (κ3) is 38.0. The molecule has 0 bridgehead atoms. The average molecular weight is 1720 g/mol. The van der Waals surface area contributed by atoms with Crippen molar-refractivity contribution in [1.82, 2.24) is 105 Å². The molecule has 0 saturated carbocycles. The highest BCUT2D eigenvalue weighted by Crippen LogP contribution is 2.40. The molecule has 7 rings (SSSR count). The number of azide groups is 1. The predicted octanol–water partition coefficient (Wildman–Crippen LogP) is 7.76. The van der Waals surface area contributed by atoms with Crippen molar-refractivity contribution < 1.29 is 75.8 Å². The highest BCUT2D eigenvalue weighted by Gasteiger charge is 2.42. The van der Waals surface area contributed by atoms with Gasteiger partial charge in [0.15, 0.2) is 0 Å². The summed E-state index contributed by atoms with van der Waals surface area (Å²) in [7, 11) is -1.85. The summed E-state index contributed by atoms with van der Waals surface area (Å²) >= 11 is 0. The van der Waals surface area contributed by atoms with Gasteiger partial charge >= 0.3 is 0 Å². The maximum atomic E-state index is 8.71. The van der Waals surface area contributed by atoms with Gasteiger partial charge in [-0.15, -0.1) is 93.9 Å². The number of hydrogen-bond donors (Lipinski definition) is 0. The molecule has 122 heavy (non-hydrogen) atoms. The van der Waals surface area contributed by atoms with Gasteiger partial charge in [-0.05, 0) is 22.2 Å². The van der Waals surface area contributed by atoms with Gasteiger partial charge < -0.3 is 75.8 Å². The molecule has 0 radical (unpaired) electrons. The fraction of sp³-hybridized carbons (Fsp3) is 0.605. The summed E-state index contributed by atoms with van der Waals surface area (Å²) in [4.78, 5) is 2.80. The minimum atomic E-state index is -1.85. The lowest BCUT2D eigenvalue weighted by atomic mass is 10.3. The van der Waals surface area contributed by atoms with Crippen LogP contribution in [0.4, 0.5) is 0 Å². The van der Waals surface area contributed by atoms with E-state index in [4.69, 9.17) is 81.3 Å². The molecule has 0 aliphatic carbocycles. The van der Waals surface area contributed by atoms with Gasteiger partial charge in [-0.1, -0.05) is 138 Å². The second kappa shape index (κ2) is 58.4. The molecule has 0 saturated heterocycles. The molecule has 7 heterocycles. The van der Waals surface area contributed by atoms with E-state index in [1.807, 2.05) is 6.20 Å². The monoisotopic (exact) mass is 1720 g/mol. The Labute approximate surface area is 715 Å². The molecule has 0 fully saturated rings. The lowest BCUT2D eigenvalue weighted by Crippen LogP contribution is -2.43. The smallest absolute Gasteiger partial charge is 0.146 e. The van der Waals surface area contributed by atoms with Crippen molar-refractivity contribution in [2.24, 2.45) is 5.11 Å². The number of ether oxygens (including phenoxy) is 16. The van der Waals surface area contributed by atoms with Crippen molar-refractivity contribution in [3.8, 4) is 11.5 Å². The van der Waals surface area contributed by atoms with Crippen molar-refractivity contribution >= 4 is 8.07 Å². The summed E-state index contributed by atoms with van der Waals surface area (Å²) < 4.78 is 108. The summed E-state index contributed by atoms with van der Waals surface area (Å²) in [5, 5.41) is 64.0. The molecular weight excluding hydrogens is 1590 g/mol. The molecule has 0 N–H and O–H groups in total. The van der Waals surface area contributed by atoms with Crippen molar-refractivity contribution in [3.63, 3.8) is 0 Å². The van der Waals surface area contributed by atoms with Crippen LogP contribution in [-0.4, -0.2) is 281 Å². The maximum absolute atomic E-state index is 8.71. The maximum Gasteiger partial charge on any atom is 0.146 e. The minimum absolute atomic E-state index is 0.125. The summed E-state index contributed by atoms with van der Waals surface area (Å²) in [5.74, 6) is 3.37. The Morgan fingerprint density at radius 3 is 0.697 bits per heavy atom. The van der Waals surface area contributed by atoms with E-state index in [2.05, 4.69) is 188 Å². The van der Waals surface area contributed by atoms with Gasteiger partial charge in [-0.25, -0.2) is 32.8 Å². The summed E-state index contributed by atoms with van der Waals surface area (Å²) in [6.07, 6.45) is 22.8. The predicted molar refractivity (Wildman–Crippen MR) is 451 cm³/mol. The highest BCUT2D eigenvalue weighted by molar-refractivity contribution is 6.90. The summed E-state index contributed by atoms with van der Waals surface area (Å²) in [6, 6.07) is 0. The van der Waals surface area contributed by atoms with Crippen LogP contribution in [0.25, 0.3) is 10.4 Å². The van der Waals surface area contributed by atoms with Crippen LogP contribution in [0.1, 0.15) is 81.4 Å². The number of rotatable bonds is 74. The molecule has 7 aromatic heterocycles. The van der Waals surface area contributed by atoms with Crippen LogP contribution in [0.3, 0.4) is 0 Å². The Balaban J connectivity index is 0.785. The van der Waals surface area contributed by atoms with Gasteiger partial charge in [0, 0.05) is 4.91 Å². The Morgan fingerprint density at radius 1 is 0.320 bits per heavy atom. The zero-order valence-electron chi connectivity index (χ0n) is 71.6. The quantitative estimate of drug-likeness (QED) is 0.00668. The van der Waals surface area contributed by atoms with E-state index in [1.165, 1.54) is 0 Å². The first-order valence-electron chi connectivity index (χ1n) is 40.7. The molecule has 40 nitrogen and oxygen atoms in total. The first kappa shape index (κ1) is 99.4. The minimum Gasteiger partial charge on any atom is -0.372 e. The molecule has 41 heteroatoms. The third-order valence-corrected chi connectivity index (χ3v) is 24.7. The van der Waals surface area contributed by atoms with Gasteiger partial charge in [-0.2, -0.15) is 0 Å². The standard InChI is InChI=1S/C81H124N24O16Si/c1-15-24-114-74(34-83-91-82)56-107-49-67-35-100(93-84-67)43-76(116-26-17-3)58-109-51-69-37-102(95-86-69)45-78(118-28-19-5)60-111-53-71-39-104(97-88-71)47-80(120-30-21-7)62-113-55-73-41-105(98-90-73)48-81(121-31-22-8)63-112-54-72-40-103(96-89-72)46-79(119-29-20-6)61-110-52-70-38-101(94-87-70)44-77(117-27-18-4)59-108-50-68-36-99(92-85-68)42-75(115-25-16-2)57-106-32-23-33-122(64(9)10,65(11)12)66(13)14/h15-22,35-41,64-66,74-81H,1-8,24-32,34,42-63H2,9-14H3/t74-,75-,76+,77+,78+,79+,80+,81+/m0/s1. The van der Waals surface area contributed by atoms with Crippen molar-refractivity contribution in [2.75, 3.05) is 119 Å². The van der Waals surface area contributed by atoms with Crippen LogP contribution in [0.2, 0.25) is 16.6 Å².